The Hall–Kier alpha value is -2.49. The van der Waals surface area contributed by atoms with Crippen molar-refractivity contribution >= 4 is 11.7 Å². The molecule has 20 heavy (non-hydrogen) atoms. The monoisotopic (exact) mass is 271 g/mol. The number of hydrogen-bond acceptors (Lipinski definition) is 3. The highest BCUT2D eigenvalue weighted by atomic mass is 16.4. The Morgan fingerprint density at radius 1 is 1.20 bits per heavy atom. The molecule has 0 heterocycles. The highest BCUT2D eigenvalue weighted by Gasteiger charge is 2.11. The standard InChI is InChI=1S/C16H17NO3/c1-10-6-7-15(18)14(8-10)11(2)17-13-5-3-4-12(9-13)16(19)20/h3-9,11,17-18H,1-2H3,(H,19,20). The smallest absolute Gasteiger partial charge is 0.335 e. The van der Waals surface area contributed by atoms with E-state index in [1.165, 1.54) is 0 Å². The van der Waals surface area contributed by atoms with Gasteiger partial charge in [-0.2, -0.15) is 0 Å². The van der Waals surface area contributed by atoms with Gasteiger partial charge in [0.1, 0.15) is 5.75 Å². The first-order valence-electron chi connectivity index (χ1n) is 6.37. The molecule has 0 spiro atoms. The zero-order chi connectivity index (χ0) is 14.7. The van der Waals surface area contributed by atoms with E-state index in [0.29, 0.717) is 5.69 Å². The topological polar surface area (TPSA) is 69.6 Å². The minimum Gasteiger partial charge on any atom is -0.508 e. The Labute approximate surface area is 117 Å². The molecular weight excluding hydrogens is 254 g/mol. The van der Waals surface area contributed by atoms with Crippen LogP contribution in [0.1, 0.15) is 34.5 Å². The Kier molecular flexibility index (Phi) is 3.94. The van der Waals surface area contributed by atoms with Crippen molar-refractivity contribution in [2.24, 2.45) is 0 Å². The first kappa shape index (κ1) is 13.9. The summed E-state index contributed by atoms with van der Waals surface area (Å²) in [6.45, 7) is 3.88. The number of carboxylic acid groups (broad SMARTS) is 1. The van der Waals surface area contributed by atoms with Crippen molar-refractivity contribution in [3.8, 4) is 5.75 Å². The number of phenolic OH excluding ortho intramolecular Hbond substituents is 1. The normalized spacial score (nSPS) is 11.9. The average Bonchev–Trinajstić information content (AvgIpc) is 2.41. The molecule has 0 aliphatic rings. The van der Waals surface area contributed by atoms with Crippen LogP contribution in [0.5, 0.6) is 5.75 Å². The summed E-state index contributed by atoms with van der Waals surface area (Å²) < 4.78 is 0. The lowest BCUT2D eigenvalue weighted by molar-refractivity contribution is 0.0697. The summed E-state index contributed by atoms with van der Waals surface area (Å²) in [4.78, 5) is 10.9. The number of aromatic hydroxyl groups is 1. The maximum Gasteiger partial charge on any atom is 0.335 e. The predicted octanol–water partition coefficient (Wildman–Crippen LogP) is 3.57. The Bertz CT molecular complexity index is 637. The van der Waals surface area contributed by atoms with Crippen LogP contribution in [0, 0.1) is 6.92 Å². The molecule has 0 saturated heterocycles. The molecule has 2 rings (SSSR count). The summed E-state index contributed by atoms with van der Waals surface area (Å²) in [5.74, 6) is -0.732. The fourth-order valence-corrected chi connectivity index (χ4v) is 2.09. The molecule has 0 radical (unpaired) electrons. The number of rotatable bonds is 4. The van der Waals surface area contributed by atoms with Crippen LogP contribution in [0.4, 0.5) is 5.69 Å². The number of nitrogens with one attached hydrogen (secondary N) is 1. The van der Waals surface area contributed by atoms with Crippen LogP contribution in [0.25, 0.3) is 0 Å². The molecule has 0 amide bonds. The molecule has 0 saturated carbocycles. The molecule has 1 unspecified atom stereocenters. The third-order valence-electron chi connectivity index (χ3n) is 3.14. The number of carboxylic acids is 1. The number of carbonyl (C=O) groups is 1. The number of anilines is 1. The Morgan fingerprint density at radius 2 is 1.95 bits per heavy atom. The summed E-state index contributed by atoms with van der Waals surface area (Å²) in [5, 5.41) is 22.1. The van der Waals surface area contributed by atoms with E-state index in [-0.39, 0.29) is 17.4 Å². The van der Waals surface area contributed by atoms with Gasteiger partial charge in [0.2, 0.25) is 0 Å². The van der Waals surface area contributed by atoms with Gasteiger partial charge in [0.05, 0.1) is 11.6 Å². The Balaban J connectivity index is 2.23. The van der Waals surface area contributed by atoms with E-state index in [0.717, 1.165) is 11.1 Å². The van der Waals surface area contributed by atoms with Gasteiger partial charge >= 0.3 is 5.97 Å². The SMILES string of the molecule is Cc1ccc(O)c(C(C)Nc2cccc(C(=O)O)c2)c1. The average molecular weight is 271 g/mol. The third kappa shape index (κ3) is 3.09. The van der Waals surface area contributed by atoms with Crippen molar-refractivity contribution in [2.45, 2.75) is 19.9 Å². The molecule has 0 fully saturated rings. The Morgan fingerprint density at radius 3 is 2.65 bits per heavy atom. The minimum absolute atomic E-state index is 0.126. The molecule has 2 aromatic rings. The summed E-state index contributed by atoms with van der Waals surface area (Å²) in [6.07, 6.45) is 0. The van der Waals surface area contributed by atoms with Crippen molar-refractivity contribution in [1.82, 2.24) is 0 Å². The number of aryl methyl sites for hydroxylation is 1. The second-order valence-electron chi connectivity index (χ2n) is 4.81. The molecule has 0 bridgehead atoms. The maximum absolute atomic E-state index is 10.9. The lowest BCUT2D eigenvalue weighted by Crippen LogP contribution is -2.08. The van der Waals surface area contributed by atoms with Gasteiger partial charge in [-0.1, -0.05) is 23.8 Å². The van der Waals surface area contributed by atoms with Gasteiger partial charge in [-0.15, -0.1) is 0 Å². The van der Waals surface area contributed by atoms with Gasteiger partial charge in [-0.05, 0) is 38.1 Å². The predicted molar refractivity (Wildman–Crippen MR) is 78.3 cm³/mol. The van der Waals surface area contributed by atoms with Gasteiger partial charge in [-0.3, -0.25) is 0 Å². The van der Waals surface area contributed by atoms with E-state index in [1.807, 2.05) is 26.0 Å². The van der Waals surface area contributed by atoms with Crippen LogP contribution < -0.4 is 5.32 Å². The first-order valence-corrected chi connectivity index (χ1v) is 6.37. The largest absolute Gasteiger partial charge is 0.508 e. The van der Waals surface area contributed by atoms with Gasteiger partial charge < -0.3 is 15.5 Å². The lowest BCUT2D eigenvalue weighted by Gasteiger charge is -2.17. The van der Waals surface area contributed by atoms with Crippen LogP contribution in [-0.2, 0) is 0 Å². The summed E-state index contributed by atoms with van der Waals surface area (Å²) in [5.41, 5.74) is 2.78. The molecule has 0 aliphatic heterocycles. The van der Waals surface area contributed by atoms with E-state index in [9.17, 15) is 9.90 Å². The quantitative estimate of drug-likeness (QED) is 0.795. The molecule has 4 nitrogen and oxygen atoms in total. The van der Waals surface area contributed by atoms with Crippen molar-refractivity contribution in [3.63, 3.8) is 0 Å². The highest BCUT2D eigenvalue weighted by Crippen LogP contribution is 2.28. The molecule has 1 atom stereocenters. The molecule has 0 aromatic heterocycles. The van der Waals surface area contributed by atoms with Crippen LogP contribution >= 0.6 is 0 Å². The fourth-order valence-electron chi connectivity index (χ4n) is 2.09. The van der Waals surface area contributed by atoms with Crippen molar-refractivity contribution in [1.29, 1.82) is 0 Å². The zero-order valence-electron chi connectivity index (χ0n) is 11.4. The van der Waals surface area contributed by atoms with Crippen LogP contribution in [-0.4, -0.2) is 16.2 Å². The maximum atomic E-state index is 10.9. The highest BCUT2D eigenvalue weighted by molar-refractivity contribution is 5.88. The van der Waals surface area contributed by atoms with E-state index < -0.39 is 5.97 Å². The van der Waals surface area contributed by atoms with Gasteiger partial charge in [-0.25, -0.2) is 4.79 Å². The first-order chi connectivity index (χ1) is 9.47. The van der Waals surface area contributed by atoms with Gasteiger partial charge in [0.15, 0.2) is 0 Å². The second kappa shape index (κ2) is 5.65. The number of aromatic carboxylic acids is 1. The fraction of sp³-hybridized carbons (Fsp3) is 0.188. The molecule has 2 aromatic carbocycles. The summed E-state index contributed by atoms with van der Waals surface area (Å²) in [6, 6.07) is 11.9. The molecule has 0 aliphatic carbocycles. The van der Waals surface area contributed by atoms with Crippen LogP contribution in [0.15, 0.2) is 42.5 Å². The number of hydrogen-bond donors (Lipinski definition) is 3. The van der Waals surface area contributed by atoms with Crippen LogP contribution in [0.3, 0.4) is 0 Å². The zero-order valence-corrected chi connectivity index (χ0v) is 11.4. The van der Waals surface area contributed by atoms with E-state index in [4.69, 9.17) is 5.11 Å². The van der Waals surface area contributed by atoms with Crippen LogP contribution in [0.2, 0.25) is 0 Å². The molecular formula is C16H17NO3. The molecule has 4 heteroatoms. The molecule has 3 N–H and O–H groups in total. The minimum atomic E-state index is -0.959. The number of phenols is 1. The lowest BCUT2D eigenvalue weighted by atomic mass is 10.0. The summed E-state index contributed by atoms with van der Waals surface area (Å²) >= 11 is 0. The summed E-state index contributed by atoms with van der Waals surface area (Å²) in [7, 11) is 0. The van der Waals surface area contributed by atoms with Crippen molar-refractivity contribution < 1.29 is 15.0 Å². The number of benzene rings is 2. The van der Waals surface area contributed by atoms with E-state index in [1.54, 1.807) is 30.3 Å². The van der Waals surface area contributed by atoms with Gasteiger partial charge in [0, 0.05) is 11.3 Å². The van der Waals surface area contributed by atoms with E-state index >= 15 is 0 Å². The second-order valence-corrected chi connectivity index (χ2v) is 4.81. The van der Waals surface area contributed by atoms with Crippen molar-refractivity contribution in [3.05, 3.63) is 59.2 Å². The van der Waals surface area contributed by atoms with E-state index in [2.05, 4.69) is 5.32 Å². The van der Waals surface area contributed by atoms with Gasteiger partial charge in [0.25, 0.3) is 0 Å². The molecule has 104 valence electrons. The van der Waals surface area contributed by atoms with Crippen molar-refractivity contribution in [2.75, 3.05) is 5.32 Å². The third-order valence-corrected chi connectivity index (χ3v) is 3.14.